The number of ether oxygens (including phenoxy) is 4. The lowest BCUT2D eigenvalue weighted by Crippen LogP contribution is -2.29. The van der Waals surface area contributed by atoms with Crippen molar-refractivity contribution in [2.75, 3.05) is 20.8 Å². The Morgan fingerprint density at radius 1 is 1.07 bits per heavy atom. The van der Waals surface area contributed by atoms with Crippen molar-refractivity contribution in [3.05, 3.63) is 54.6 Å². The molecule has 0 amide bonds. The van der Waals surface area contributed by atoms with Crippen LogP contribution >= 0.6 is 0 Å². The third-order valence-corrected chi connectivity index (χ3v) is 5.13. The number of unbranched alkanes of at least 4 members (excludes halogenated alkanes) is 2. The van der Waals surface area contributed by atoms with Crippen LogP contribution in [0.5, 0.6) is 23.0 Å². The number of hydrogen-bond acceptors (Lipinski definition) is 4. The predicted molar refractivity (Wildman–Crippen MR) is 110 cm³/mol. The summed E-state index contributed by atoms with van der Waals surface area (Å²) < 4.78 is 22.5. The van der Waals surface area contributed by atoms with Crippen LogP contribution in [0.3, 0.4) is 0 Å². The van der Waals surface area contributed by atoms with E-state index in [9.17, 15) is 0 Å². The molecule has 0 bridgehead atoms. The lowest BCUT2D eigenvalue weighted by atomic mass is 10.0. The molecule has 1 aliphatic rings. The Bertz CT molecular complexity index is 933. The van der Waals surface area contributed by atoms with Crippen molar-refractivity contribution in [2.24, 2.45) is 0 Å². The summed E-state index contributed by atoms with van der Waals surface area (Å²) >= 11 is 0. The molecule has 4 rings (SSSR count). The van der Waals surface area contributed by atoms with Crippen molar-refractivity contribution in [3.63, 3.8) is 0 Å². The Morgan fingerprint density at radius 2 is 1.89 bits per heavy atom. The largest absolute Gasteiger partial charge is 0.497 e. The van der Waals surface area contributed by atoms with Gasteiger partial charge in [0.05, 0.1) is 14.2 Å². The molecule has 0 aliphatic carbocycles. The average Bonchev–Trinajstić information content (AvgIpc) is 3.15. The number of nitrogens with one attached hydrogen (secondary N) is 1. The first-order valence-electron chi connectivity index (χ1n) is 9.70. The van der Waals surface area contributed by atoms with Crippen molar-refractivity contribution >= 4 is 10.9 Å². The van der Waals surface area contributed by atoms with E-state index in [-0.39, 0.29) is 6.10 Å². The molecule has 0 fully saturated rings. The van der Waals surface area contributed by atoms with Gasteiger partial charge < -0.3 is 23.9 Å². The van der Waals surface area contributed by atoms with E-state index in [4.69, 9.17) is 18.9 Å². The monoisotopic (exact) mass is 380 g/mol. The number of benzene rings is 2. The van der Waals surface area contributed by atoms with E-state index in [1.165, 1.54) is 10.9 Å². The van der Waals surface area contributed by atoms with Gasteiger partial charge >= 0.3 is 0 Å². The first-order valence-corrected chi connectivity index (χ1v) is 9.70. The van der Waals surface area contributed by atoms with Gasteiger partial charge in [-0.2, -0.15) is 0 Å². The molecule has 1 aliphatic heterocycles. The minimum absolute atomic E-state index is 0.0527. The smallest absolute Gasteiger partial charge is 0.165 e. The van der Waals surface area contributed by atoms with Crippen molar-refractivity contribution in [2.45, 2.75) is 31.8 Å². The summed E-state index contributed by atoms with van der Waals surface area (Å²) in [4.78, 5) is 3.34. The standard InChI is InChI=1S/C23H26NO4/c1-25-17-8-10-21-20(12-17)16(14-24-21)6-4-3-5-7-19-15-27-22-11-9-18(26-2)13-23(22)28-19/h5,8-14,19,24H,3-4,6-7,15H2,1-2H3. The predicted octanol–water partition coefficient (Wildman–Crippen LogP) is 4.94. The summed E-state index contributed by atoms with van der Waals surface area (Å²) in [6, 6.07) is 11.8. The van der Waals surface area contributed by atoms with Crippen LogP contribution in [0.1, 0.15) is 24.8 Å². The molecule has 1 radical (unpaired) electrons. The van der Waals surface area contributed by atoms with Crippen LogP contribution in [-0.4, -0.2) is 31.9 Å². The molecule has 5 nitrogen and oxygen atoms in total. The molecule has 5 heteroatoms. The molecule has 0 spiro atoms. The Morgan fingerprint density at radius 3 is 2.75 bits per heavy atom. The van der Waals surface area contributed by atoms with Crippen LogP contribution in [0.15, 0.2) is 42.6 Å². The third kappa shape index (κ3) is 4.03. The normalized spacial score (nSPS) is 15.6. The third-order valence-electron chi connectivity index (χ3n) is 5.13. The van der Waals surface area contributed by atoms with Gasteiger partial charge in [-0.15, -0.1) is 0 Å². The molecule has 147 valence electrons. The van der Waals surface area contributed by atoms with Gasteiger partial charge in [0, 0.05) is 23.2 Å². The Labute approximate surface area is 165 Å². The first-order chi connectivity index (χ1) is 13.8. The first kappa shape index (κ1) is 18.5. The zero-order valence-electron chi connectivity index (χ0n) is 16.4. The van der Waals surface area contributed by atoms with E-state index >= 15 is 0 Å². The summed E-state index contributed by atoms with van der Waals surface area (Å²) in [6.07, 6.45) is 8.51. The lowest BCUT2D eigenvalue weighted by molar-refractivity contribution is 0.0895. The minimum Gasteiger partial charge on any atom is -0.497 e. The number of aromatic amines is 1. The Hall–Kier alpha value is -2.82. The number of aromatic nitrogens is 1. The van der Waals surface area contributed by atoms with Gasteiger partial charge in [-0.25, -0.2) is 0 Å². The average molecular weight is 380 g/mol. The number of hydrogen-bond donors (Lipinski definition) is 1. The molecule has 1 atom stereocenters. The van der Waals surface area contributed by atoms with Crippen LogP contribution in [0.25, 0.3) is 10.9 Å². The fraction of sp³-hybridized carbons (Fsp3) is 0.348. The van der Waals surface area contributed by atoms with Gasteiger partial charge in [-0.1, -0.05) is 0 Å². The molecule has 0 saturated carbocycles. The van der Waals surface area contributed by atoms with E-state index in [1.807, 2.05) is 24.3 Å². The maximum atomic E-state index is 6.05. The van der Waals surface area contributed by atoms with Crippen LogP contribution < -0.4 is 18.9 Å². The van der Waals surface area contributed by atoms with E-state index in [2.05, 4.69) is 29.7 Å². The second-order valence-corrected chi connectivity index (χ2v) is 7.01. The molecule has 2 heterocycles. The van der Waals surface area contributed by atoms with Gasteiger partial charge in [-0.05, 0) is 68.0 Å². The molecule has 3 aromatic rings. The van der Waals surface area contributed by atoms with E-state index in [0.717, 1.165) is 54.2 Å². The molecule has 1 aromatic heterocycles. The Balaban J connectivity index is 1.24. The van der Waals surface area contributed by atoms with Gasteiger partial charge in [-0.3, -0.25) is 0 Å². The van der Waals surface area contributed by atoms with E-state index in [1.54, 1.807) is 14.2 Å². The number of H-pyrrole nitrogens is 1. The zero-order chi connectivity index (χ0) is 19.3. The topological polar surface area (TPSA) is 52.7 Å². The van der Waals surface area contributed by atoms with Crippen molar-refractivity contribution in [1.82, 2.24) is 4.98 Å². The van der Waals surface area contributed by atoms with Crippen molar-refractivity contribution < 1.29 is 18.9 Å². The number of rotatable bonds is 8. The number of methoxy groups -OCH3 is 2. The summed E-state index contributed by atoms with van der Waals surface area (Å²) in [5.74, 6) is 3.22. The number of fused-ring (bicyclic) bond motifs is 2. The molecule has 28 heavy (non-hydrogen) atoms. The summed E-state index contributed by atoms with van der Waals surface area (Å²) in [5.41, 5.74) is 2.49. The molecule has 1 N–H and O–H groups in total. The van der Waals surface area contributed by atoms with E-state index in [0.29, 0.717) is 6.61 Å². The molecule has 2 aromatic carbocycles. The highest BCUT2D eigenvalue weighted by Gasteiger charge is 2.21. The highest BCUT2D eigenvalue weighted by Crippen LogP contribution is 2.35. The van der Waals surface area contributed by atoms with E-state index < -0.39 is 0 Å². The summed E-state index contributed by atoms with van der Waals surface area (Å²) in [5, 5.41) is 1.24. The fourth-order valence-electron chi connectivity index (χ4n) is 3.57. The van der Waals surface area contributed by atoms with Crippen molar-refractivity contribution in [3.8, 4) is 23.0 Å². The lowest BCUT2D eigenvalue weighted by Gasteiger charge is -2.26. The highest BCUT2D eigenvalue weighted by molar-refractivity contribution is 5.84. The van der Waals surface area contributed by atoms with Gasteiger partial charge in [0.2, 0.25) is 0 Å². The highest BCUT2D eigenvalue weighted by atomic mass is 16.6. The van der Waals surface area contributed by atoms with Crippen molar-refractivity contribution in [1.29, 1.82) is 0 Å². The summed E-state index contributed by atoms with van der Waals surface area (Å²) in [6.45, 7) is 0.581. The van der Waals surface area contributed by atoms with Crippen LogP contribution in [-0.2, 0) is 6.42 Å². The van der Waals surface area contributed by atoms with Gasteiger partial charge in [0.15, 0.2) is 11.5 Å². The molecular formula is C23H26NO4. The maximum absolute atomic E-state index is 6.05. The second kappa shape index (κ2) is 8.46. The minimum atomic E-state index is 0.0527. The molecular weight excluding hydrogens is 354 g/mol. The molecule has 0 saturated heterocycles. The molecule has 1 unspecified atom stereocenters. The summed E-state index contributed by atoms with van der Waals surface area (Å²) in [7, 11) is 3.36. The maximum Gasteiger partial charge on any atom is 0.165 e. The zero-order valence-corrected chi connectivity index (χ0v) is 16.4. The van der Waals surface area contributed by atoms with Gasteiger partial charge in [0.1, 0.15) is 24.2 Å². The second-order valence-electron chi connectivity index (χ2n) is 7.01. The van der Waals surface area contributed by atoms with Crippen LogP contribution in [0, 0.1) is 6.42 Å². The fourth-order valence-corrected chi connectivity index (χ4v) is 3.57. The van der Waals surface area contributed by atoms with Gasteiger partial charge in [0.25, 0.3) is 0 Å². The SMILES string of the molecule is COc1ccc2c(c1)OC(C[CH]CCCc1c[nH]c3ccc(OC)cc13)CO2. The van der Waals surface area contributed by atoms with Crippen LogP contribution in [0.2, 0.25) is 0 Å². The quantitative estimate of drug-likeness (QED) is 0.562. The Kier molecular flexibility index (Phi) is 5.60. The van der Waals surface area contributed by atoms with Crippen LogP contribution in [0.4, 0.5) is 0 Å². The number of aryl methyl sites for hydroxylation is 1.